The van der Waals surface area contributed by atoms with E-state index in [-0.39, 0.29) is 0 Å². The van der Waals surface area contributed by atoms with E-state index in [0.717, 1.165) is 6.92 Å². The van der Waals surface area contributed by atoms with E-state index in [0.29, 0.717) is 0 Å². The third kappa shape index (κ3) is 6.55. The van der Waals surface area contributed by atoms with Crippen molar-refractivity contribution in [2.45, 2.75) is 99.0 Å². The van der Waals surface area contributed by atoms with E-state index in [1.54, 1.807) is 0 Å². The highest BCUT2D eigenvalue weighted by Gasteiger charge is 2.52. The highest BCUT2D eigenvalue weighted by Crippen LogP contribution is 2.30. The third-order valence-electron chi connectivity index (χ3n) is 6.48. The largest absolute Gasteiger partial charge is 0.394 e. The van der Waals surface area contributed by atoms with Gasteiger partial charge in [0, 0.05) is 6.92 Å². The number of carbonyl (C=O) groups is 1. The second-order valence-electron chi connectivity index (χ2n) is 9.11. The first-order chi connectivity index (χ1) is 17.4. The predicted octanol–water partition coefficient (Wildman–Crippen LogP) is -7.43. The fourth-order valence-electron chi connectivity index (χ4n) is 4.35. The standard InChI is InChI=1S/C20H35NO16/c1-5(24)21-9-17(37-20-16(31)14(29)11(26)7(3-23)36-20)12(27)8(34-18(9)32)4-33-19-15(30)13(28)10(25)6(2-22)35-19/h6-20,22-23,25-32H,2-4H2,1H3,(H,21,24)/t6-,7-,8-,9-,10+,11+,12+,13+,14+,15-,16-,17-,18+,19-,20+/m1/s1. The molecule has 0 aromatic heterocycles. The molecule has 0 aromatic carbocycles. The van der Waals surface area contributed by atoms with Crippen LogP contribution in [0.15, 0.2) is 0 Å². The molecule has 3 saturated heterocycles. The molecule has 17 nitrogen and oxygen atoms in total. The topological polar surface area (TPSA) is 278 Å². The van der Waals surface area contributed by atoms with Crippen molar-refractivity contribution in [3.8, 4) is 0 Å². The van der Waals surface area contributed by atoms with Crippen molar-refractivity contribution in [1.82, 2.24) is 5.32 Å². The van der Waals surface area contributed by atoms with Crippen molar-refractivity contribution in [1.29, 1.82) is 0 Å². The van der Waals surface area contributed by atoms with Gasteiger partial charge in [-0.2, -0.15) is 0 Å². The Kier molecular flexibility index (Phi) is 10.5. The number of rotatable bonds is 8. The summed E-state index contributed by atoms with van der Waals surface area (Å²) in [4.78, 5) is 11.7. The van der Waals surface area contributed by atoms with E-state index in [2.05, 4.69) is 5.32 Å². The molecule has 0 bridgehead atoms. The minimum Gasteiger partial charge on any atom is -0.394 e. The summed E-state index contributed by atoms with van der Waals surface area (Å²) in [6, 6.07) is -1.43. The maximum Gasteiger partial charge on any atom is 0.217 e. The maximum absolute atomic E-state index is 11.7. The third-order valence-corrected chi connectivity index (χ3v) is 6.48. The number of nitrogens with one attached hydrogen (secondary N) is 1. The lowest BCUT2D eigenvalue weighted by Gasteiger charge is -2.47. The molecule has 3 heterocycles. The summed E-state index contributed by atoms with van der Waals surface area (Å²) in [5.41, 5.74) is 0. The monoisotopic (exact) mass is 545 g/mol. The first-order valence-corrected chi connectivity index (χ1v) is 11.6. The van der Waals surface area contributed by atoms with Gasteiger partial charge in [-0.05, 0) is 0 Å². The van der Waals surface area contributed by atoms with Crippen LogP contribution in [-0.2, 0) is 28.5 Å². The normalized spacial score (nSPS) is 49.0. The van der Waals surface area contributed by atoms with Gasteiger partial charge < -0.3 is 80.1 Å². The predicted molar refractivity (Wildman–Crippen MR) is 113 cm³/mol. The molecule has 11 N–H and O–H groups in total. The smallest absolute Gasteiger partial charge is 0.217 e. The van der Waals surface area contributed by atoms with Crippen molar-refractivity contribution in [3.63, 3.8) is 0 Å². The van der Waals surface area contributed by atoms with Crippen LogP contribution in [0.25, 0.3) is 0 Å². The highest BCUT2D eigenvalue weighted by atomic mass is 16.7. The Bertz CT molecular complexity index is 743. The summed E-state index contributed by atoms with van der Waals surface area (Å²) in [6.07, 6.45) is -22.9. The zero-order chi connectivity index (χ0) is 27.6. The van der Waals surface area contributed by atoms with Gasteiger partial charge in [-0.1, -0.05) is 0 Å². The van der Waals surface area contributed by atoms with Gasteiger partial charge in [-0.15, -0.1) is 0 Å². The molecule has 0 spiro atoms. The maximum atomic E-state index is 11.7. The summed E-state index contributed by atoms with van der Waals surface area (Å²) in [7, 11) is 0. The lowest BCUT2D eigenvalue weighted by atomic mass is 9.95. The Morgan fingerprint density at radius 2 is 1.22 bits per heavy atom. The van der Waals surface area contributed by atoms with Crippen LogP contribution in [0.1, 0.15) is 6.92 Å². The molecule has 216 valence electrons. The van der Waals surface area contributed by atoms with Gasteiger partial charge in [0.1, 0.15) is 73.2 Å². The van der Waals surface area contributed by atoms with E-state index >= 15 is 0 Å². The quantitative estimate of drug-likeness (QED) is 0.135. The van der Waals surface area contributed by atoms with E-state index in [1.165, 1.54) is 0 Å². The first kappa shape index (κ1) is 30.4. The molecule has 3 rings (SSSR count). The second-order valence-corrected chi connectivity index (χ2v) is 9.11. The van der Waals surface area contributed by atoms with E-state index in [9.17, 15) is 55.9 Å². The molecule has 3 aliphatic rings. The number of aliphatic hydroxyl groups excluding tert-OH is 10. The van der Waals surface area contributed by atoms with Gasteiger partial charge in [0.05, 0.1) is 19.8 Å². The molecule has 17 heteroatoms. The van der Waals surface area contributed by atoms with Crippen molar-refractivity contribution >= 4 is 5.91 Å². The summed E-state index contributed by atoms with van der Waals surface area (Å²) in [5, 5.41) is 103. The van der Waals surface area contributed by atoms with Crippen molar-refractivity contribution < 1.29 is 79.5 Å². The fraction of sp³-hybridized carbons (Fsp3) is 0.950. The Hall–Kier alpha value is -1.13. The molecular weight excluding hydrogens is 510 g/mol. The molecule has 0 saturated carbocycles. The van der Waals surface area contributed by atoms with Crippen molar-refractivity contribution in [2.75, 3.05) is 19.8 Å². The zero-order valence-corrected chi connectivity index (χ0v) is 19.7. The minimum atomic E-state index is -1.85. The van der Waals surface area contributed by atoms with Crippen LogP contribution in [0.2, 0.25) is 0 Å². The van der Waals surface area contributed by atoms with Crippen molar-refractivity contribution in [3.05, 3.63) is 0 Å². The molecular formula is C20H35NO16. The molecule has 1 amide bonds. The van der Waals surface area contributed by atoms with Crippen LogP contribution in [0.4, 0.5) is 0 Å². The minimum absolute atomic E-state index is 0.609. The average Bonchev–Trinajstić information content (AvgIpc) is 2.86. The summed E-state index contributed by atoms with van der Waals surface area (Å²) >= 11 is 0. The molecule has 3 aliphatic heterocycles. The number of ether oxygens (including phenoxy) is 5. The first-order valence-electron chi connectivity index (χ1n) is 11.6. The fourth-order valence-corrected chi connectivity index (χ4v) is 4.35. The van der Waals surface area contributed by atoms with Crippen LogP contribution in [0, 0.1) is 0 Å². The Balaban J connectivity index is 1.74. The van der Waals surface area contributed by atoms with Gasteiger partial charge in [0.2, 0.25) is 5.91 Å². The van der Waals surface area contributed by atoms with Gasteiger partial charge >= 0.3 is 0 Å². The molecule has 15 atom stereocenters. The number of hydrogen-bond donors (Lipinski definition) is 11. The Labute approximate surface area is 210 Å². The van der Waals surface area contributed by atoms with Gasteiger partial charge in [0.15, 0.2) is 18.9 Å². The van der Waals surface area contributed by atoms with E-state index < -0.39 is 118 Å². The van der Waals surface area contributed by atoms with Crippen LogP contribution in [0.3, 0.4) is 0 Å². The Morgan fingerprint density at radius 3 is 1.73 bits per heavy atom. The number of carbonyl (C=O) groups excluding carboxylic acids is 1. The van der Waals surface area contributed by atoms with E-state index in [4.69, 9.17) is 23.7 Å². The van der Waals surface area contributed by atoms with Gasteiger partial charge in [-0.3, -0.25) is 4.79 Å². The van der Waals surface area contributed by atoms with Crippen LogP contribution in [-0.4, -0.2) is 169 Å². The number of amides is 1. The zero-order valence-electron chi connectivity index (χ0n) is 19.7. The second kappa shape index (κ2) is 12.8. The lowest BCUT2D eigenvalue weighted by molar-refractivity contribution is -0.348. The number of aliphatic hydroxyl groups is 10. The molecule has 0 aliphatic carbocycles. The summed E-state index contributed by atoms with van der Waals surface area (Å²) in [6.45, 7) is -0.964. The van der Waals surface area contributed by atoms with Crippen LogP contribution in [0.5, 0.6) is 0 Å². The lowest BCUT2D eigenvalue weighted by Crippen LogP contribution is -2.68. The van der Waals surface area contributed by atoms with Crippen LogP contribution >= 0.6 is 0 Å². The molecule has 0 aromatic rings. The Morgan fingerprint density at radius 1 is 0.703 bits per heavy atom. The molecule has 0 radical (unpaired) electrons. The van der Waals surface area contributed by atoms with Gasteiger partial charge in [-0.25, -0.2) is 0 Å². The molecule has 37 heavy (non-hydrogen) atoms. The summed E-state index contributed by atoms with van der Waals surface area (Å²) < 4.78 is 26.8. The summed E-state index contributed by atoms with van der Waals surface area (Å²) in [5.74, 6) is -0.654. The average molecular weight is 545 g/mol. The van der Waals surface area contributed by atoms with Crippen molar-refractivity contribution in [2.24, 2.45) is 0 Å². The van der Waals surface area contributed by atoms with Gasteiger partial charge in [0.25, 0.3) is 0 Å². The highest BCUT2D eigenvalue weighted by molar-refractivity contribution is 5.73. The number of hydrogen-bond acceptors (Lipinski definition) is 16. The molecule has 3 fully saturated rings. The van der Waals surface area contributed by atoms with E-state index in [1.807, 2.05) is 0 Å². The van der Waals surface area contributed by atoms with Crippen LogP contribution < -0.4 is 5.32 Å². The molecule has 0 unspecified atom stereocenters. The SMILES string of the molecule is CC(=O)N[C@@H]1[C@@H](O[C@@H]2O[C@H](CO)[C@H](O)[C@H](O)[C@H]2O)[C@@H](O)[C@@H](CO[C@@H]2O[C@H](CO)[C@H](O)[C@H](O)[C@H]2O)O[C@@H]1O.